The first-order chi connectivity index (χ1) is 4.76. The third kappa shape index (κ3) is 2.67. The molecule has 1 nitrogen and oxygen atoms in total. The molecule has 0 aromatic heterocycles. The van der Waals surface area contributed by atoms with Crippen LogP contribution in [0.15, 0.2) is 31.0 Å². The molecule has 0 aliphatic heterocycles. The second-order valence-corrected chi connectivity index (χ2v) is 2.31. The highest BCUT2D eigenvalue weighted by Gasteiger charge is 2.08. The predicted molar refractivity (Wildman–Crippen MR) is 43.6 cm³/mol. The van der Waals surface area contributed by atoms with Crippen molar-refractivity contribution in [1.29, 1.82) is 0 Å². The summed E-state index contributed by atoms with van der Waals surface area (Å²) >= 11 is 0. The fourth-order valence-electron chi connectivity index (χ4n) is 0.697. The standard InChI is InChI=1S/C9H14O/c1-4-6-9(7-10)8(3)5-2/h5-6,8-10H,1-2,7H2,3H3. The van der Waals surface area contributed by atoms with E-state index in [-0.39, 0.29) is 12.5 Å². The van der Waals surface area contributed by atoms with Gasteiger partial charge in [0.05, 0.1) is 6.61 Å². The van der Waals surface area contributed by atoms with E-state index in [1.807, 2.05) is 13.0 Å². The van der Waals surface area contributed by atoms with E-state index in [1.54, 1.807) is 6.08 Å². The largest absolute Gasteiger partial charge is 0.396 e. The van der Waals surface area contributed by atoms with Gasteiger partial charge in [0.2, 0.25) is 0 Å². The van der Waals surface area contributed by atoms with Crippen LogP contribution in [0.4, 0.5) is 0 Å². The summed E-state index contributed by atoms with van der Waals surface area (Å²) in [4.78, 5) is 0. The van der Waals surface area contributed by atoms with Crippen molar-refractivity contribution in [3.63, 3.8) is 0 Å². The monoisotopic (exact) mass is 138 g/mol. The normalized spacial score (nSPS) is 15.0. The van der Waals surface area contributed by atoms with Gasteiger partial charge in [-0.25, -0.2) is 0 Å². The zero-order valence-electron chi connectivity index (χ0n) is 6.38. The first-order valence-corrected chi connectivity index (χ1v) is 3.35. The van der Waals surface area contributed by atoms with Crippen LogP contribution in [-0.4, -0.2) is 11.7 Å². The summed E-state index contributed by atoms with van der Waals surface area (Å²) < 4.78 is 0. The van der Waals surface area contributed by atoms with Crippen molar-refractivity contribution in [3.05, 3.63) is 31.0 Å². The second kappa shape index (κ2) is 5.04. The number of rotatable bonds is 4. The fraction of sp³-hybridized carbons (Fsp3) is 0.444. The molecule has 0 radical (unpaired) electrons. The molecule has 0 aliphatic rings. The minimum atomic E-state index is 0.120. The molecule has 0 amide bonds. The van der Waals surface area contributed by atoms with Gasteiger partial charge in [-0.3, -0.25) is 0 Å². The van der Waals surface area contributed by atoms with Gasteiger partial charge in [0.1, 0.15) is 0 Å². The summed E-state index contributed by atoms with van der Waals surface area (Å²) in [5.74, 6) is 0.411. The van der Waals surface area contributed by atoms with E-state index in [4.69, 9.17) is 5.11 Å². The lowest BCUT2D eigenvalue weighted by atomic mass is 9.95. The number of aliphatic hydroxyl groups excluding tert-OH is 1. The summed E-state index contributed by atoms with van der Waals surface area (Å²) in [7, 11) is 0. The molecule has 56 valence electrons. The molecular weight excluding hydrogens is 124 g/mol. The van der Waals surface area contributed by atoms with Crippen LogP contribution in [0, 0.1) is 11.8 Å². The molecule has 0 fully saturated rings. The Balaban J connectivity index is 4.04. The fourth-order valence-corrected chi connectivity index (χ4v) is 0.697. The molecule has 0 saturated carbocycles. The Bertz CT molecular complexity index is 143. The Morgan fingerprint density at radius 1 is 1.70 bits per heavy atom. The Kier molecular flexibility index (Phi) is 4.65. The highest BCUT2D eigenvalue weighted by atomic mass is 16.3. The highest BCUT2D eigenvalue weighted by molar-refractivity contribution is 4.92. The average Bonchev–Trinajstić information content (AvgIpc) is 1.99. The van der Waals surface area contributed by atoms with E-state index in [2.05, 4.69) is 18.9 Å². The Morgan fingerprint density at radius 3 is 2.60 bits per heavy atom. The van der Waals surface area contributed by atoms with E-state index in [9.17, 15) is 0 Å². The summed E-state index contributed by atoms with van der Waals surface area (Å²) in [5, 5.41) is 8.81. The zero-order chi connectivity index (χ0) is 7.98. The van der Waals surface area contributed by atoms with Crippen molar-refractivity contribution in [2.24, 2.45) is 11.8 Å². The first-order valence-electron chi connectivity index (χ1n) is 3.35. The maximum absolute atomic E-state index is 8.81. The molecule has 10 heavy (non-hydrogen) atoms. The van der Waals surface area contributed by atoms with Gasteiger partial charge in [0.15, 0.2) is 0 Å². The molecule has 0 aromatic carbocycles. The average molecular weight is 138 g/mol. The molecule has 0 spiro atoms. The minimum absolute atomic E-state index is 0.120. The van der Waals surface area contributed by atoms with Crippen LogP contribution in [0.1, 0.15) is 6.92 Å². The van der Waals surface area contributed by atoms with Crippen molar-refractivity contribution in [2.45, 2.75) is 6.92 Å². The summed E-state index contributed by atoms with van der Waals surface area (Å²) in [6.07, 6.45) is 3.58. The van der Waals surface area contributed by atoms with Crippen molar-refractivity contribution in [1.82, 2.24) is 0 Å². The molecule has 0 bridgehead atoms. The Morgan fingerprint density at radius 2 is 2.30 bits per heavy atom. The molecule has 0 aliphatic carbocycles. The SMILES string of the molecule is C=C=CC(CO)C(C)C=C. The minimum Gasteiger partial charge on any atom is -0.396 e. The van der Waals surface area contributed by atoms with Crippen LogP contribution >= 0.6 is 0 Å². The van der Waals surface area contributed by atoms with Gasteiger partial charge >= 0.3 is 0 Å². The van der Waals surface area contributed by atoms with Gasteiger partial charge in [-0.1, -0.05) is 19.6 Å². The van der Waals surface area contributed by atoms with Gasteiger partial charge in [-0.2, -0.15) is 0 Å². The molecule has 2 atom stereocenters. The quantitative estimate of drug-likeness (QED) is 0.463. The van der Waals surface area contributed by atoms with Crippen molar-refractivity contribution in [2.75, 3.05) is 6.61 Å². The van der Waals surface area contributed by atoms with Crippen LogP contribution in [0.2, 0.25) is 0 Å². The first kappa shape index (κ1) is 9.22. The van der Waals surface area contributed by atoms with E-state index < -0.39 is 0 Å². The molecule has 0 saturated heterocycles. The van der Waals surface area contributed by atoms with Gasteiger partial charge in [-0.05, 0) is 12.0 Å². The topological polar surface area (TPSA) is 20.2 Å². The smallest absolute Gasteiger partial charge is 0.0505 e. The predicted octanol–water partition coefficient (Wildman–Crippen LogP) is 1.76. The van der Waals surface area contributed by atoms with Crippen LogP contribution < -0.4 is 0 Å². The van der Waals surface area contributed by atoms with Crippen LogP contribution in [-0.2, 0) is 0 Å². The molecule has 1 heteroatoms. The Labute approximate surface area is 62.4 Å². The zero-order valence-corrected chi connectivity index (χ0v) is 6.38. The van der Waals surface area contributed by atoms with Crippen LogP contribution in [0.5, 0.6) is 0 Å². The van der Waals surface area contributed by atoms with Crippen molar-refractivity contribution < 1.29 is 5.11 Å². The number of hydrogen-bond acceptors (Lipinski definition) is 1. The lowest BCUT2D eigenvalue weighted by molar-refractivity contribution is 0.230. The summed E-state index contributed by atoms with van der Waals surface area (Å²) in [5.41, 5.74) is 2.65. The summed E-state index contributed by atoms with van der Waals surface area (Å²) in [6.45, 7) is 9.21. The van der Waals surface area contributed by atoms with Gasteiger partial charge in [0.25, 0.3) is 0 Å². The lowest BCUT2D eigenvalue weighted by Crippen LogP contribution is -2.10. The molecule has 2 unspecified atom stereocenters. The number of aliphatic hydroxyl groups is 1. The van der Waals surface area contributed by atoms with E-state index in [1.165, 1.54) is 0 Å². The third-order valence-electron chi connectivity index (χ3n) is 1.59. The van der Waals surface area contributed by atoms with Gasteiger partial charge in [0, 0.05) is 5.92 Å². The van der Waals surface area contributed by atoms with E-state index in [0.29, 0.717) is 5.92 Å². The van der Waals surface area contributed by atoms with Gasteiger partial charge in [-0.15, -0.1) is 12.3 Å². The molecule has 0 heterocycles. The molecule has 1 N–H and O–H groups in total. The third-order valence-corrected chi connectivity index (χ3v) is 1.59. The van der Waals surface area contributed by atoms with Crippen molar-refractivity contribution >= 4 is 0 Å². The second-order valence-electron chi connectivity index (χ2n) is 2.31. The molecule has 0 rings (SSSR count). The highest BCUT2D eigenvalue weighted by Crippen LogP contribution is 2.12. The molecule has 0 aromatic rings. The number of hydrogen-bond donors (Lipinski definition) is 1. The van der Waals surface area contributed by atoms with Gasteiger partial charge < -0.3 is 5.11 Å². The lowest BCUT2D eigenvalue weighted by Gasteiger charge is -2.12. The van der Waals surface area contributed by atoms with E-state index >= 15 is 0 Å². The van der Waals surface area contributed by atoms with Crippen LogP contribution in [0.25, 0.3) is 0 Å². The van der Waals surface area contributed by atoms with Crippen molar-refractivity contribution in [3.8, 4) is 0 Å². The molecular formula is C9H14O. The number of allylic oxidation sites excluding steroid dienone is 1. The Hall–Kier alpha value is -0.780. The maximum Gasteiger partial charge on any atom is 0.0505 e. The maximum atomic E-state index is 8.81. The van der Waals surface area contributed by atoms with E-state index in [0.717, 1.165) is 0 Å². The van der Waals surface area contributed by atoms with Crippen LogP contribution in [0.3, 0.4) is 0 Å². The summed E-state index contributed by atoms with van der Waals surface area (Å²) in [6, 6.07) is 0.